The third-order valence-electron chi connectivity index (χ3n) is 4.16. The van der Waals surface area contributed by atoms with Gasteiger partial charge in [-0.1, -0.05) is 0 Å². The monoisotopic (exact) mass is 348 g/mol. The molecule has 126 valence electrons. The fraction of sp³-hybridized carbons (Fsp3) is 0.333. The first-order valence-corrected chi connectivity index (χ1v) is 8.98. The minimum atomic E-state index is -3.65. The molecule has 24 heavy (non-hydrogen) atoms. The van der Waals surface area contributed by atoms with Crippen LogP contribution in [0.15, 0.2) is 29.4 Å². The molecule has 0 spiro atoms. The second-order valence-corrected chi connectivity index (χ2v) is 7.52. The highest BCUT2D eigenvalue weighted by molar-refractivity contribution is 7.89. The highest BCUT2D eigenvalue weighted by Crippen LogP contribution is 2.34. The standard InChI is InChI=1S/C15H16N4O4S/c16-15-11-3-4-19(8-12(11)17-9-18-15)24(20,21)10-1-2-13-14(7-10)23-6-5-22-13/h1-2,7,9H,3-6,8H2,(H2,16,17,18). The second-order valence-electron chi connectivity index (χ2n) is 5.58. The predicted molar refractivity (Wildman–Crippen MR) is 85.2 cm³/mol. The average molecular weight is 348 g/mol. The average Bonchev–Trinajstić information content (AvgIpc) is 2.61. The molecule has 2 aromatic rings. The summed E-state index contributed by atoms with van der Waals surface area (Å²) in [5.41, 5.74) is 7.31. The van der Waals surface area contributed by atoms with Gasteiger partial charge in [0.15, 0.2) is 11.5 Å². The summed E-state index contributed by atoms with van der Waals surface area (Å²) in [4.78, 5) is 8.30. The number of rotatable bonds is 2. The van der Waals surface area contributed by atoms with Crippen molar-refractivity contribution in [2.75, 3.05) is 25.5 Å². The maximum Gasteiger partial charge on any atom is 0.243 e. The van der Waals surface area contributed by atoms with Crippen LogP contribution < -0.4 is 15.2 Å². The number of fused-ring (bicyclic) bond motifs is 2. The van der Waals surface area contributed by atoms with Gasteiger partial charge in [0.25, 0.3) is 0 Å². The van der Waals surface area contributed by atoms with Gasteiger partial charge in [0, 0.05) is 18.2 Å². The van der Waals surface area contributed by atoms with E-state index in [9.17, 15) is 8.42 Å². The van der Waals surface area contributed by atoms with Crippen molar-refractivity contribution in [1.82, 2.24) is 14.3 Å². The smallest absolute Gasteiger partial charge is 0.243 e. The first kappa shape index (κ1) is 15.2. The van der Waals surface area contributed by atoms with Gasteiger partial charge in [-0.2, -0.15) is 4.31 Å². The van der Waals surface area contributed by atoms with Gasteiger partial charge in [0.05, 0.1) is 17.1 Å². The van der Waals surface area contributed by atoms with Crippen LogP contribution in [0.1, 0.15) is 11.3 Å². The molecule has 0 saturated heterocycles. The predicted octanol–water partition coefficient (Wildman–Crippen LogP) is 0.577. The van der Waals surface area contributed by atoms with E-state index in [0.717, 1.165) is 5.56 Å². The molecule has 3 heterocycles. The van der Waals surface area contributed by atoms with Gasteiger partial charge in [-0.15, -0.1) is 0 Å². The van der Waals surface area contributed by atoms with Crippen LogP contribution >= 0.6 is 0 Å². The van der Waals surface area contributed by atoms with E-state index in [2.05, 4.69) is 9.97 Å². The summed E-state index contributed by atoms with van der Waals surface area (Å²) in [6, 6.07) is 4.67. The fourth-order valence-corrected chi connectivity index (χ4v) is 4.31. The zero-order chi connectivity index (χ0) is 16.7. The Kier molecular flexibility index (Phi) is 3.54. The van der Waals surface area contributed by atoms with Crippen LogP contribution in [0.25, 0.3) is 0 Å². The molecule has 0 radical (unpaired) electrons. The third-order valence-corrected chi connectivity index (χ3v) is 6.00. The molecule has 2 N–H and O–H groups in total. The number of hydrogen-bond acceptors (Lipinski definition) is 7. The Morgan fingerprint density at radius 1 is 1.12 bits per heavy atom. The van der Waals surface area contributed by atoms with Crippen molar-refractivity contribution in [2.45, 2.75) is 17.9 Å². The maximum absolute atomic E-state index is 12.9. The Bertz CT molecular complexity index is 900. The van der Waals surface area contributed by atoms with Gasteiger partial charge in [0.1, 0.15) is 25.4 Å². The SMILES string of the molecule is Nc1ncnc2c1CCN(S(=O)(=O)c1ccc3c(c1)OCCO3)C2. The highest BCUT2D eigenvalue weighted by Gasteiger charge is 2.31. The van der Waals surface area contributed by atoms with E-state index in [1.165, 1.54) is 22.8 Å². The molecule has 0 atom stereocenters. The zero-order valence-electron chi connectivity index (χ0n) is 12.8. The Balaban J connectivity index is 1.66. The third kappa shape index (κ3) is 2.45. The van der Waals surface area contributed by atoms with E-state index >= 15 is 0 Å². The summed E-state index contributed by atoms with van der Waals surface area (Å²) in [7, 11) is -3.65. The minimum absolute atomic E-state index is 0.178. The van der Waals surface area contributed by atoms with E-state index in [1.54, 1.807) is 6.07 Å². The van der Waals surface area contributed by atoms with E-state index in [0.29, 0.717) is 49.2 Å². The molecule has 8 nitrogen and oxygen atoms in total. The summed E-state index contributed by atoms with van der Waals surface area (Å²) in [6.07, 6.45) is 1.85. The van der Waals surface area contributed by atoms with E-state index < -0.39 is 10.0 Å². The Morgan fingerprint density at radius 2 is 1.92 bits per heavy atom. The summed E-state index contributed by atoms with van der Waals surface area (Å²) >= 11 is 0. The zero-order valence-corrected chi connectivity index (χ0v) is 13.6. The number of hydrogen-bond donors (Lipinski definition) is 1. The molecule has 0 aliphatic carbocycles. The maximum atomic E-state index is 12.9. The van der Waals surface area contributed by atoms with Crippen LogP contribution in [-0.2, 0) is 23.0 Å². The summed E-state index contributed by atoms with van der Waals surface area (Å²) < 4.78 is 38.1. The first-order valence-electron chi connectivity index (χ1n) is 7.54. The molecule has 2 aliphatic heterocycles. The van der Waals surface area contributed by atoms with Crippen LogP contribution in [0.2, 0.25) is 0 Å². The Hall–Kier alpha value is -2.39. The van der Waals surface area contributed by atoms with Gasteiger partial charge in [-0.25, -0.2) is 18.4 Å². The summed E-state index contributed by atoms with van der Waals surface area (Å²) in [5, 5.41) is 0. The molecule has 0 fully saturated rings. The summed E-state index contributed by atoms with van der Waals surface area (Å²) in [5.74, 6) is 1.42. The Morgan fingerprint density at radius 3 is 2.75 bits per heavy atom. The quantitative estimate of drug-likeness (QED) is 0.845. The lowest BCUT2D eigenvalue weighted by Gasteiger charge is -2.28. The molecule has 4 rings (SSSR count). The molecule has 9 heteroatoms. The first-order chi connectivity index (χ1) is 11.6. The van der Waals surface area contributed by atoms with Crippen molar-refractivity contribution in [3.63, 3.8) is 0 Å². The van der Waals surface area contributed by atoms with Crippen LogP contribution in [0.3, 0.4) is 0 Å². The number of benzene rings is 1. The summed E-state index contributed by atoms with van der Waals surface area (Å²) in [6.45, 7) is 1.38. The van der Waals surface area contributed by atoms with Crippen molar-refractivity contribution in [3.8, 4) is 11.5 Å². The molecule has 0 unspecified atom stereocenters. The normalized spacial score (nSPS) is 17.3. The number of nitrogen functional groups attached to an aromatic ring is 1. The second kappa shape index (κ2) is 5.60. The molecule has 1 aromatic heterocycles. The number of nitrogens with zero attached hydrogens (tertiary/aromatic N) is 3. The van der Waals surface area contributed by atoms with Gasteiger partial charge < -0.3 is 15.2 Å². The van der Waals surface area contributed by atoms with Gasteiger partial charge >= 0.3 is 0 Å². The number of aromatic nitrogens is 2. The minimum Gasteiger partial charge on any atom is -0.486 e. The molecular weight excluding hydrogens is 332 g/mol. The van der Waals surface area contributed by atoms with E-state index in [1.807, 2.05) is 0 Å². The lowest BCUT2D eigenvalue weighted by atomic mass is 10.1. The number of sulfonamides is 1. The fourth-order valence-electron chi connectivity index (χ4n) is 2.89. The van der Waals surface area contributed by atoms with E-state index in [-0.39, 0.29) is 11.4 Å². The lowest BCUT2D eigenvalue weighted by Crippen LogP contribution is -2.37. The molecule has 0 bridgehead atoms. The number of ether oxygens (including phenoxy) is 2. The molecule has 0 saturated carbocycles. The van der Waals surface area contributed by atoms with Crippen LogP contribution in [0, 0.1) is 0 Å². The topological polar surface area (TPSA) is 108 Å². The molecule has 0 amide bonds. The Labute approximate surface area is 139 Å². The van der Waals surface area contributed by atoms with Crippen molar-refractivity contribution < 1.29 is 17.9 Å². The van der Waals surface area contributed by atoms with Crippen molar-refractivity contribution in [3.05, 3.63) is 35.8 Å². The van der Waals surface area contributed by atoms with Gasteiger partial charge in [-0.3, -0.25) is 0 Å². The largest absolute Gasteiger partial charge is 0.486 e. The van der Waals surface area contributed by atoms with Crippen molar-refractivity contribution in [2.24, 2.45) is 0 Å². The molecular formula is C15H16N4O4S. The molecule has 2 aliphatic rings. The highest BCUT2D eigenvalue weighted by atomic mass is 32.2. The lowest BCUT2D eigenvalue weighted by molar-refractivity contribution is 0.171. The number of nitrogens with two attached hydrogens (primary N) is 1. The van der Waals surface area contributed by atoms with Crippen LogP contribution in [0.5, 0.6) is 11.5 Å². The van der Waals surface area contributed by atoms with Gasteiger partial charge in [-0.05, 0) is 18.6 Å². The molecule has 1 aromatic carbocycles. The van der Waals surface area contributed by atoms with Crippen molar-refractivity contribution in [1.29, 1.82) is 0 Å². The van der Waals surface area contributed by atoms with E-state index in [4.69, 9.17) is 15.2 Å². The van der Waals surface area contributed by atoms with Crippen LogP contribution in [-0.4, -0.2) is 42.4 Å². The van der Waals surface area contributed by atoms with Crippen LogP contribution in [0.4, 0.5) is 5.82 Å². The van der Waals surface area contributed by atoms with Gasteiger partial charge in [0.2, 0.25) is 10.0 Å². The number of anilines is 1. The van der Waals surface area contributed by atoms with Crippen molar-refractivity contribution >= 4 is 15.8 Å².